The molecule has 1 atom stereocenters. The summed E-state index contributed by atoms with van der Waals surface area (Å²) in [5.74, 6) is 0. The molecule has 20 heavy (non-hydrogen) atoms. The molecule has 0 bridgehead atoms. The van der Waals surface area contributed by atoms with Crippen molar-refractivity contribution in [3.8, 4) is 0 Å². The third-order valence-electron chi connectivity index (χ3n) is 4.08. The average molecular weight is 274 g/mol. The molecule has 2 heteroatoms. The number of benzene rings is 1. The molecule has 0 aliphatic carbocycles. The highest BCUT2D eigenvalue weighted by atomic mass is 15.2. The summed E-state index contributed by atoms with van der Waals surface area (Å²) < 4.78 is 0. The molecule has 1 aromatic carbocycles. The Morgan fingerprint density at radius 2 is 1.90 bits per heavy atom. The van der Waals surface area contributed by atoms with Crippen LogP contribution in [0.15, 0.2) is 24.3 Å². The summed E-state index contributed by atoms with van der Waals surface area (Å²) in [6, 6.07) is 9.55. The van der Waals surface area contributed by atoms with E-state index in [1.54, 1.807) is 0 Å². The number of nitrogens with one attached hydrogen (secondary N) is 1. The highest BCUT2D eigenvalue weighted by Gasteiger charge is 2.24. The van der Waals surface area contributed by atoms with Gasteiger partial charge in [0, 0.05) is 23.8 Å². The number of hydrogen-bond donors (Lipinski definition) is 1. The fourth-order valence-electron chi connectivity index (χ4n) is 3.02. The van der Waals surface area contributed by atoms with Gasteiger partial charge in [-0.25, -0.2) is 0 Å². The van der Waals surface area contributed by atoms with E-state index in [0.29, 0.717) is 6.04 Å². The molecule has 0 fully saturated rings. The highest BCUT2D eigenvalue weighted by molar-refractivity contribution is 5.59. The maximum Gasteiger partial charge on any atom is 0.0402 e. The molecule has 112 valence electrons. The Balaban J connectivity index is 1.70. The molecule has 0 aromatic heterocycles. The van der Waals surface area contributed by atoms with E-state index in [-0.39, 0.29) is 5.54 Å². The van der Waals surface area contributed by atoms with Crippen LogP contribution >= 0.6 is 0 Å². The van der Waals surface area contributed by atoms with Crippen molar-refractivity contribution in [2.45, 2.75) is 65.0 Å². The van der Waals surface area contributed by atoms with Crippen molar-refractivity contribution in [2.24, 2.45) is 0 Å². The minimum Gasteiger partial charge on any atom is -0.368 e. The molecule has 0 saturated heterocycles. The smallest absolute Gasteiger partial charge is 0.0402 e. The lowest BCUT2D eigenvalue weighted by Gasteiger charge is -2.25. The van der Waals surface area contributed by atoms with Crippen LogP contribution in [-0.4, -0.2) is 24.7 Å². The van der Waals surface area contributed by atoms with Crippen molar-refractivity contribution in [1.29, 1.82) is 0 Å². The predicted molar refractivity (Wildman–Crippen MR) is 88.6 cm³/mol. The summed E-state index contributed by atoms with van der Waals surface area (Å²) >= 11 is 0. The van der Waals surface area contributed by atoms with Crippen LogP contribution in [0.3, 0.4) is 0 Å². The number of fused-ring (bicyclic) bond motifs is 1. The number of rotatable bonds is 6. The molecule has 0 saturated carbocycles. The van der Waals surface area contributed by atoms with Crippen molar-refractivity contribution >= 4 is 5.69 Å². The number of para-hydroxylation sites is 1. The molecule has 1 aromatic rings. The lowest BCUT2D eigenvalue weighted by Crippen LogP contribution is -2.36. The molecule has 1 heterocycles. The Hall–Kier alpha value is -1.02. The van der Waals surface area contributed by atoms with Crippen LogP contribution in [0, 0.1) is 0 Å². The second-order valence-corrected chi connectivity index (χ2v) is 7.11. The second-order valence-electron chi connectivity index (χ2n) is 7.11. The first-order valence-corrected chi connectivity index (χ1v) is 8.07. The zero-order chi connectivity index (χ0) is 14.6. The molecule has 1 N–H and O–H groups in total. The molecule has 1 aliphatic rings. The first kappa shape index (κ1) is 15.4. The van der Waals surface area contributed by atoms with Crippen LogP contribution in [0.5, 0.6) is 0 Å². The quantitative estimate of drug-likeness (QED) is 0.789. The minimum atomic E-state index is 0.252. The lowest BCUT2D eigenvalue weighted by atomic mass is 10.1. The Kier molecular flexibility index (Phi) is 5.09. The van der Waals surface area contributed by atoms with E-state index >= 15 is 0 Å². The van der Waals surface area contributed by atoms with Crippen molar-refractivity contribution in [1.82, 2.24) is 5.32 Å². The molecule has 0 spiro atoms. The van der Waals surface area contributed by atoms with E-state index in [1.807, 2.05) is 0 Å². The summed E-state index contributed by atoms with van der Waals surface area (Å²) in [5, 5.41) is 3.56. The zero-order valence-corrected chi connectivity index (χ0v) is 13.6. The monoisotopic (exact) mass is 274 g/mol. The van der Waals surface area contributed by atoms with E-state index in [0.717, 1.165) is 6.54 Å². The topological polar surface area (TPSA) is 15.3 Å². The molecule has 1 aliphatic heterocycles. The summed E-state index contributed by atoms with van der Waals surface area (Å²) in [6.07, 6.45) is 5.10. The van der Waals surface area contributed by atoms with E-state index in [4.69, 9.17) is 0 Å². The Bertz CT molecular complexity index is 420. The predicted octanol–water partition coefficient (Wildman–Crippen LogP) is 4.00. The summed E-state index contributed by atoms with van der Waals surface area (Å²) in [6.45, 7) is 11.4. The van der Waals surface area contributed by atoms with Crippen LogP contribution < -0.4 is 10.2 Å². The number of nitrogens with zero attached hydrogens (tertiary/aromatic N) is 1. The van der Waals surface area contributed by atoms with Gasteiger partial charge in [0.2, 0.25) is 0 Å². The van der Waals surface area contributed by atoms with Gasteiger partial charge in [-0.3, -0.25) is 0 Å². The second kappa shape index (κ2) is 6.62. The van der Waals surface area contributed by atoms with Gasteiger partial charge in [-0.2, -0.15) is 0 Å². The van der Waals surface area contributed by atoms with Gasteiger partial charge in [-0.05, 0) is 65.1 Å². The standard InChI is InChI=1S/C18H30N2/c1-15-14-16-10-6-7-11-17(16)20(15)13-9-5-8-12-19-18(2,3)4/h6-7,10-11,15,19H,5,8-9,12-14H2,1-4H3. The summed E-state index contributed by atoms with van der Waals surface area (Å²) in [4.78, 5) is 2.59. The molecule has 0 radical (unpaired) electrons. The van der Waals surface area contributed by atoms with Crippen LogP contribution in [-0.2, 0) is 6.42 Å². The molecule has 2 rings (SSSR count). The largest absolute Gasteiger partial charge is 0.368 e. The molecular formula is C18H30N2. The summed E-state index contributed by atoms with van der Waals surface area (Å²) in [5.41, 5.74) is 3.24. The van der Waals surface area contributed by atoms with Gasteiger partial charge < -0.3 is 10.2 Å². The normalized spacial score (nSPS) is 18.4. The van der Waals surface area contributed by atoms with Crippen LogP contribution in [0.25, 0.3) is 0 Å². The van der Waals surface area contributed by atoms with Gasteiger partial charge in [-0.1, -0.05) is 24.6 Å². The van der Waals surface area contributed by atoms with Crippen LogP contribution in [0.4, 0.5) is 5.69 Å². The molecule has 2 nitrogen and oxygen atoms in total. The van der Waals surface area contributed by atoms with Gasteiger partial charge in [0.1, 0.15) is 0 Å². The van der Waals surface area contributed by atoms with Crippen molar-refractivity contribution in [3.63, 3.8) is 0 Å². The van der Waals surface area contributed by atoms with E-state index < -0.39 is 0 Å². The minimum absolute atomic E-state index is 0.252. The van der Waals surface area contributed by atoms with Crippen molar-refractivity contribution < 1.29 is 0 Å². The lowest BCUT2D eigenvalue weighted by molar-refractivity contribution is 0.416. The fourth-order valence-corrected chi connectivity index (χ4v) is 3.02. The van der Waals surface area contributed by atoms with E-state index in [1.165, 1.54) is 43.5 Å². The van der Waals surface area contributed by atoms with Crippen molar-refractivity contribution in [2.75, 3.05) is 18.0 Å². The van der Waals surface area contributed by atoms with Crippen molar-refractivity contribution in [3.05, 3.63) is 29.8 Å². The number of hydrogen-bond acceptors (Lipinski definition) is 2. The molecular weight excluding hydrogens is 244 g/mol. The van der Waals surface area contributed by atoms with Gasteiger partial charge in [0.05, 0.1) is 0 Å². The number of anilines is 1. The van der Waals surface area contributed by atoms with E-state index in [2.05, 4.69) is 62.2 Å². The highest BCUT2D eigenvalue weighted by Crippen LogP contribution is 2.31. The third-order valence-corrected chi connectivity index (χ3v) is 4.08. The molecule has 1 unspecified atom stereocenters. The SMILES string of the molecule is CC1Cc2ccccc2N1CCCCCNC(C)(C)C. The zero-order valence-electron chi connectivity index (χ0n) is 13.6. The van der Waals surface area contributed by atoms with Gasteiger partial charge in [-0.15, -0.1) is 0 Å². The van der Waals surface area contributed by atoms with Gasteiger partial charge >= 0.3 is 0 Å². The van der Waals surface area contributed by atoms with E-state index in [9.17, 15) is 0 Å². The fraction of sp³-hybridized carbons (Fsp3) is 0.667. The van der Waals surface area contributed by atoms with Crippen LogP contribution in [0.1, 0.15) is 52.5 Å². The third kappa shape index (κ3) is 4.24. The van der Waals surface area contributed by atoms with Gasteiger partial charge in [0.25, 0.3) is 0 Å². The van der Waals surface area contributed by atoms with Gasteiger partial charge in [0.15, 0.2) is 0 Å². The first-order chi connectivity index (χ1) is 9.47. The van der Waals surface area contributed by atoms with Crippen LogP contribution in [0.2, 0.25) is 0 Å². The number of unbranched alkanes of at least 4 members (excludes halogenated alkanes) is 2. The Labute approximate surface area is 124 Å². The maximum absolute atomic E-state index is 3.56. The molecule has 0 amide bonds. The Morgan fingerprint density at radius 1 is 1.15 bits per heavy atom. The summed E-state index contributed by atoms with van der Waals surface area (Å²) in [7, 11) is 0. The Morgan fingerprint density at radius 3 is 2.65 bits per heavy atom. The maximum atomic E-state index is 3.56. The first-order valence-electron chi connectivity index (χ1n) is 8.07. The average Bonchev–Trinajstić information content (AvgIpc) is 2.68.